The zero-order chi connectivity index (χ0) is 21.6. The van der Waals surface area contributed by atoms with E-state index in [0.717, 1.165) is 11.3 Å². The van der Waals surface area contributed by atoms with Crippen LogP contribution in [-0.2, 0) is 4.79 Å². The first-order valence-electron chi connectivity index (χ1n) is 10.1. The second-order valence-corrected chi connectivity index (χ2v) is 7.38. The van der Waals surface area contributed by atoms with Crippen LogP contribution in [0.5, 0.6) is 11.5 Å². The van der Waals surface area contributed by atoms with Gasteiger partial charge in [0.1, 0.15) is 17.5 Å². The van der Waals surface area contributed by atoms with Crippen molar-refractivity contribution in [2.75, 3.05) is 18.4 Å². The minimum absolute atomic E-state index is 0.00473. The number of carbonyl (C=O) groups excluding carboxylic acids is 2. The molecule has 1 unspecified atom stereocenters. The van der Waals surface area contributed by atoms with Gasteiger partial charge in [0.05, 0.1) is 0 Å². The molecule has 3 aromatic carbocycles. The van der Waals surface area contributed by atoms with Crippen LogP contribution in [0.15, 0.2) is 84.9 Å². The third kappa shape index (κ3) is 5.21. The van der Waals surface area contributed by atoms with Gasteiger partial charge in [0.25, 0.3) is 0 Å². The number of benzene rings is 3. The number of nitrogens with one attached hydrogen (secondary N) is 2. The normalized spacial score (nSPS) is 14.4. The Morgan fingerprint density at radius 1 is 0.871 bits per heavy atom. The van der Waals surface area contributed by atoms with Gasteiger partial charge in [0, 0.05) is 24.8 Å². The van der Waals surface area contributed by atoms with E-state index < -0.39 is 11.9 Å². The monoisotopic (exact) mass is 416 g/mol. The van der Waals surface area contributed by atoms with Crippen LogP contribution in [0.4, 0.5) is 10.5 Å². The second-order valence-electron chi connectivity index (χ2n) is 7.38. The van der Waals surface area contributed by atoms with Crippen molar-refractivity contribution in [2.24, 2.45) is 5.73 Å². The Morgan fingerprint density at radius 2 is 1.45 bits per heavy atom. The molecule has 0 spiro atoms. The van der Waals surface area contributed by atoms with Gasteiger partial charge < -0.3 is 20.7 Å². The first-order chi connectivity index (χ1) is 15.1. The average molecular weight is 416 g/mol. The van der Waals surface area contributed by atoms with Crippen molar-refractivity contribution in [2.45, 2.75) is 12.1 Å². The summed E-state index contributed by atoms with van der Waals surface area (Å²) in [5.74, 6) is 1.01. The molecule has 1 aliphatic heterocycles. The summed E-state index contributed by atoms with van der Waals surface area (Å²) in [5, 5.41) is 6.11. The highest BCUT2D eigenvalue weighted by Gasteiger charge is 2.33. The fraction of sp³-hybridized carbons (Fsp3) is 0.167. The van der Waals surface area contributed by atoms with Crippen LogP contribution in [0.2, 0.25) is 0 Å². The Hall–Kier alpha value is -3.84. The van der Waals surface area contributed by atoms with Crippen LogP contribution in [0.3, 0.4) is 0 Å². The largest absolute Gasteiger partial charge is 0.457 e. The van der Waals surface area contributed by atoms with Gasteiger partial charge in [-0.2, -0.15) is 0 Å². The highest BCUT2D eigenvalue weighted by atomic mass is 16.5. The van der Waals surface area contributed by atoms with Crippen molar-refractivity contribution in [1.29, 1.82) is 0 Å². The molecule has 3 amide bonds. The number of primary amides is 1. The molecule has 7 nitrogen and oxygen atoms in total. The lowest BCUT2D eigenvalue weighted by atomic mass is 10.0. The minimum Gasteiger partial charge on any atom is -0.457 e. The quantitative estimate of drug-likeness (QED) is 0.549. The fourth-order valence-electron chi connectivity index (χ4n) is 3.41. The average Bonchev–Trinajstić information content (AvgIpc) is 2.75. The molecule has 31 heavy (non-hydrogen) atoms. The molecule has 0 saturated carbocycles. The highest BCUT2D eigenvalue weighted by Crippen LogP contribution is 2.23. The number of likely N-dealkylation sites (tertiary alicyclic amines) is 1. The summed E-state index contributed by atoms with van der Waals surface area (Å²) in [6, 6.07) is 25.3. The van der Waals surface area contributed by atoms with E-state index in [1.54, 1.807) is 29.2 Å². The number of nitrogens with two attached hydrogens (primary N) is 1. The maximum Gasteiger partial charge on any atom is 0.321 e. The SMILES string of the molecule is NC(=O)C(NC1CN(C(=O)Nc2ccc(Oc3ccccc3)cc2)C1)c1ccccc1. The number of nitrogens with zero attached hydrogens (tertiary/aromatic N) is 1. The fourth-order valence-corrected chi connectivity index (χ4v) is 3.41. The van der Waals surface area contributed by atoms with Crippen molar-refractivity contribution in [1.82, 2.24) is 10.2 Å². The lowest BCUT2D eigenvalue weighted by Crippen LogP contribution is -2.62. The van der Waals surface area contributed by atoms with Crippen molar-refractivity contribution in [3.8, 4) is 11.5 Å². The smallest absolute Gasteiger partial charge is 0.321 e. The molecule has 3 aromatic rings. The Bertz CT molecular complexity index is 1020. The van der Waals surface area contributed by atoms with Gasteiger partial charge in [-0.1, -0.05) is 48.5 Å². The predicted molar refractivity (Wildman–Crippen MR) is 119 cm³/mol. The molecule has 0 radical (unpaired) electrons. The van der Waals surface area contributed by atoms with E-state index in [1.165, 1.54) is 0 Å². The summed E-state index contributed by atoms with van der Waals surface area (Å²) in [4.78, 5) is 26.0. The van der Waals surface area contributed by atoms with Crippen LogP contribution >= 0.6 is 0 Å². The second kappa shape index (κ2) is 9.32. The molecule has 0 aromatic heterocycles. The number of anilines is 1. The van der Waals surface area contributed by atoms with E-state index in [-0.39, 0.29) is 12.1 Å². The molecule has 1 atom stereocenters. The van der Waals surface area contributed by atoms with Gasteiger partial charge in [-0.25, -0.2) is 4.79 Å². The molecule has 1 aliphatic rings. The molecule has 1 heterocycles. The van der Waals surface area contributed by atoms with E-state index in [4.69, 9.17) is 10.5 Å². The Kier molecular flexibility index (Phi) is 6.14. The zero-order valence-electron chi connectivity index (χ0n) is 16.9. The molecule has 158 valence electrons. The van der Waals surface area contributed by atoms with Gasteiger partial charge in [-0.3, -0.25) is 10.1 Å². The summed E-state index contributed by atoms with van der Waals surface area (Å²) in [6.45, 7) is 0.995. The number of ether oxygens (including phenoxy) is 1. The van der Waals surface area contributed by atoms with E-state index in [2.05, 4.69) is 10.6 Å². The van der Waals surface area contributed by atoms with Crippen LogP contribution in [0, 0.1) is 0 Å². The predicted octanol–water partition coefficient (Wildman–Crippen LogP) is 3.51. The van der Waals surface area contributed by atoms with Crippen molar-refractivity contribution in [3.63, 3.8) is 0 Å². The van der Waals surface area contributed by atoms with Crippen LogP contribution in [-0.4, -0.2) is 36.0 Å². The van der Waals surface area contributed by atoms with Gasteiger partial charge in [-0.15, -0.1) is 0 Å². The third-order valence-electron chi connectivity index (χ3n) is 5.07. The maximum atomic E-state index is 12.5. The number of carbonyl (C=O) groups is 2. The van der Waals surface area contributed by atoms with E-state index >= 15 is 0 Å². The third-order valence-corrected chi connectivity index (χ3v) is 5.07. The lowest BCUT2D eigenvalue weighted by Gasteiger charge is -2.41. The first-order valence-corrected chi connectivity index (χ1v) is 10.1. The van der Waals surface area contributed by atoms with Gasteiger partial charge in [0.15, 0.2) is 0 Å². The van der Waals surface area contributed by atoms with Crippen molar-refractivity contribution in [3.05, 3.63) is 90.5 Å². The summed E-state index contributed by atoms with van der Waals surface area (Å²) >= 11 is 0. The molecule has 7 heteroatoms. The number of hydrogen-bond acceptors (Lipinski definition) is 4. The van der Waals surface area contributed by atoms with E-state index in [1.807, 2.05) is 60.7 Å². The van der Waals surface area contributed by atoms with Crippen molar-refractivity contribution < 1.29 is 14.3 Å². The van der Waals surface area contributed by atoms with E-state index in [9.17, 15) is 9.59 Å². The summed E-state index contributed by atoms with van der Waals surface area (Å²) in [6.07, 6.45) is 0. The first kappa shape index (κ1) is 20.4. The topological polar surface area (TPSA) is 96.7 Å². The Morgan fingerprint density at radius 3 is 2.06 bits per heavy atom. The van der Waals surface area contributed by atoms with E-state index in [0.29, 0.717) is 24.5 Å². The lowest BCUT2D eigenvalue weighted by molar-refractivity contribution is -0.120. The van der Waals surface area contributed by atoms with Crippen LogP contribution < -0.4 is 21.1 Å². The Balaban J connectivity index is 1.26. The molecular formula is C24H24N4O3. The van der Waals surface area contributed by atoms with Crippen LogP contribution in [0.1, 0.15) is 11.6 Å². The summed E-state index contributed by atoms with van der Waals surface area (Å²) in [5.41, 5.74) is 7.05. The minimum atomic E-state index is -0.575. The number of para-hydroxylation sites is 1. The number of urea groups is 1. The molecule has 1 fully saturated rings. The Labute approximate surface area is 180 Å². The number of rotatable bonds is 7. The van der Waals surface area contributed by atoms with Crippen molar-refractivity contribution >= 4 is 17.6 Å². The van der Waals surface area contributed by atoms with Gasteiger partial charge in [0.2, 0.25) is 5.91 Å². The molecular weight excluding hydrogens is 392 g/mol. The molecule has 4 N–H and O–H groups in total. The van der Waals surface area contributed by atoms with Crippen LogP contribution in [0.25, 0.3) is 0 Å². The molecule has 0 bridgehead atoms. The van der Waals surface area contributed by atoms with Gasteiger partial charge in [-0.05, 0) is 42.0 Å². The standard InChI is InChI=1S/C24H24N4O3/c25-23(29)22(17-7-3-1-4-8-17)26-19-15-28(16-19)24(30)27-18-11-13-21(14-12-18)31-20-9-5-2-6-10-20/h1-14,19,22,26H,15-16H2,(H2,25,29)(H,27,30). The number of amides is 3. The van der Waals surface area contributed by atoms with Gasteiger partial charge >= 0.3 is 6.03 Å². The highest BCUT2D eigenvalue weighted by molar-refractivity contribution is 5.90. The number of hydrogen-bond donors (Lipinski definition) is 3. The summed E-state index contributed by atoms with van der Waals surface area (Å²) < 4.78 is 5.76. The molecule has 0 aliphatic carbocycles. The maximum absolute atomic E-state index is 12.5. The molecule has 4 rings (SSSR count). The summed E-state index contributed by atoms with van der Waals surface area (Å²) in [7, 11) is 0. The molecule has 1 saturated heterocycles. The zero-order valence-corrected chi connectivity index (χ0v) is 16.9.